The van der Waals surface area contributed by atoms with Gasteiger partial charge in [-0.1, -0.05) is 6.07 Å². The molecule has 0 spiro atoms. The molecule has 2 rings (SSSR count). The van der Waals surface area contributed by atoms with Gasteiger partial charge < -0.3 is 15.2 Å². The second-order valence-electron chi connectivity index (χ2n) is 5.37. The molecule has 1 atom stereocenters. The van der Waals surface area contributed by atoms with Crippen molar-refractivity contribution in [1.82, 2.24) is 5.32 Å². The molecule has 0 saturated carbocycles. The Kier molecular flexibility index (Phi) is 4.45. The number of nitrogens with one attached hydrogen (secondary N) is 1. The third-order valence-electron chi connectivity index (χ3n) is 3.81. The van der Waals surface area contributed by atoms with E-state index >= 15 is 0 Å². The number of hydrogen-bond acceptors (Lipinski definition) is 3. The van der Waals surface area contributed by atoms with Crippen molar-refractivity contribution in [3.05, 3.63) is 29.6 Å². The van der Waals surface area contributed by atoms with E-state index in [1.54, 1.807) is 12.1 Å². The van der Waals surface area contributed by atoms with Gasteiger partial charge in [0.2, 0.25) is 5.91 Å². The average molecular weight is 295 g/mol. The molecule has 2 N–H and O–H groups in total. The summed E-state index contributed by atoms with van der Waals surface area (Å²) in [7, 11) is 1.39. The fourth-order valence-electron chi connectivity index (χ4n) is 2.73. The fourth-order valence-corrected chi connectivity index (χ4v) is 2.73. The number of aliphatic carboxylic acids is 1. The average Bonchev–Trinajstić information content (AvgIpc) is 2.80. The standard InChI is InChI=1S/C15H18FNO4/c1-21-12-8-10(2-3-11(12)16)9-15(7-5-14(19)20)6-4-13(18)17-15/h2-3,8H,4-7,9H2,1H3,(H,17,18)(H,19,20)/t15-/m0/s1. The monoisotopic (exact) mass is 295 g/mol. The molecule has 0 unspecified atom stereocenters. The Morgan fingerprint density at radius 1 is 1.52 bits per heavy atom. The van der Waals surface area contributed by atoms with E-state index in [1.165, 1.54) is 13.2 Å². The van der Waals surface area contributed by atoms with Crippen LogP contribution in [0.3, 0.4) is 0 Å². The minimum absolute atomic E-state index is 0.0153. The minimum Gasteiger partial charge on any atom is -0.494 e. The topological polar surface area (TPSA) is 75.6 Å². The zero-order valence-corrected chi connectivity index (χ0v) is 11.8. The van der Waals surface area contributed by atoms with Gasteiger partial charge in [0.15, 0.2) is 11.6 Å². The van der Waals surface area contributed by atoms with Gasteiger partial charge in [-0.2, -0.15) is 0 Å². The van der Waals surface area contributed by atoms with Crippen LogP contribution in [0.25, 0.3) is 0 Å². The predicted octanol–water partition coefficient (Wildman–Crippen LogP) is 1.89. The number of rotatable bonds is 6. The van der Waals surface area contributed by atoms with Crippen molar-refractivity contribution < 1.29 is 23.8 Å². The second kappa shape index (κ2) is 6.11. The van der Waals surface area contributed by atoms with Crippen molar-refractivity contribution in [3.8, 4) is 5.75 Å². The van der Waals surface area contributed by atoms with Gasteiger partial charge in [-0.05, 0) is 37.0 Å². The SMILES string of the molecule is COc1cc(C[C@@]2(CCC(=O)O)CCC(=O)N2)ccc1F. The zero-order chi connectivity index (χ0) is 15.5. The van der Waals surface area contributed by atoms with Gasteiger partial charge in [0.05, 0.1) is 7.11 Å². The molecule has 0 radical (unpaired) electrons. The Morgan fingerprint density at radius 3 is 2.86 bits per heavy atom. The molecule has 1 heterocycles. The number of carboxylic acid groups (broad SMARTS) is 1. The Hall–Kier alpha value is -2.11. The molecule has 0 aromatic heterocycles. The van der Waals surface area contributed by atoms with Crippen LogP contribution in [-0.2, 0) is 16.0 Å². The number of amides is 1. The van der Waals surface area contributed by atoms with Crippen LogP contribution in [0.4, 0.5) is 4.39 Å². The lowest BCUT2D eigenvalue weighted by molar-refractivity contribution is -0.137. The van der Waals surface area contributed by atoms with E-state index in [1.807, 2.05) is 0 Å². The quantitative estimate of drug-likeness (QED) is 0.840. The van der Waals surface area contributed by atoms with E-state index in [4.69, 9.17) is 9.84 Å². The van der Waals surface area contributed by atoms with E-state index in [0.29, 0.717) is 25.7 Å². The van der Waals surface area contributed by atoms with Crippen LogP contribution in [0, 0.1) is 5.82 Å². The van der Waals surface area contributed by atoms with Gasteiger partial charge in [0, 0.05) is 18.4 Å². The number of methoxy groups -OCH3 is 1. The first-order valence-corrected chi connectivity index (χ1v) is 6.79. The van der Waals surface area contributed by atoms with E-state index < -0.39 is 17.3 Å². The maximum Gasteiger partial charge on any atom is 0.303 e. The largest absolute Gasteiger partial charge is 0.494 e. The van der Waals surface area contributed by atoms with Crippen molar-refractivity contribution in [1.29, 1.82) is 0 Å². The maximum absolute atomic E-state index is 13.4. The summed E-state index contributed by atoms with van der Waals surface area (Å²) in [5.74, 6) is -1.27. The molecule has 1 fully saturated rings. The van der Waals surface area contributed by atoms with Gasteiger partial charge in [-0.25, -0.2) is 4.39 Å². The van der Waals surface area contributed by atoms with E-state index in [9.17, 15) is 14.0 Å². The first kappa shape index (κ1) is 15.3. The molecule has 1 aliphatic rings. The first-order chi connectivity index (χ1) is 9.94. The smallest absolute Gasteiger partial charge is 0.303 e. The van der Waals surface area contributed by atoms with Crippen molar-refractivity contribution >= 4 is 11.9 Å². The van der Waals surface area contributed by atoms with Crippen molar-refractivity contribution in [3.63, 3.8) is 0 Å². The summed E-state index contributed by atoms with van der Waals surface area (Å²) < 4.78 is 18.4. The number of benzene rings is 1. The van der Waals surface area contributed by atoms with Gasteiger partial charge >= 0.3 is 5.97 Å². The number of carboxylic acids is 1. The highest BCUT2D eigenvalue weighted by atomic mass is 19.1. The highest BCUT2D eigenvalue weighted by Crippen LogP contribution is 2.31. The van der Waals surface area contributed by atoms with Gasteiger partial charge in [-0.3, -0.25) is 9.59 Å². The molecule has 1 aromatic carbocycles. The summed E-state index contributed by atoms with van der Waals surface area (Å²) in [6.07, 6.45) is 1.77. The number of carbonyl (C=O) groups is 2. The molecule has 6 heteroatoms. The summed E-state index contributed by atoms with van der Waals surface area (Å²) in [6, 6.07) is 4.53. The first-order valence-electron chi connectivity index (χ1n) is 6.79. The maximum atomic E-state index is 13.4. The third-order valence-corrected chi connectivity index (χ3v) is 3.81. The Morgan fingerprint density at radius 2 is 2.29 bits per heavy atom. The van der Waals surface area contributed by atoms with Crippen LogP contribution >= 0.6 is 0 Å². The predicted molar refractivity (Wildman–Crippen MR) is 73.6 cm³/mol. The van der Waals surface area contributed by atoms with E-state index in [0.717, 1.165) is 5.56 Å². The fraction of sp³-hybridized carbons (Fsp3) is 0.467. The summed E-state index contributed by atoms with van der Waals surface area (Å²) in [5.41, 5.74) is 0.235. The molecular weight excluding hydrogens is 277 g/mol. The highest BCUT2D eigenvalue weighted by Gasteiger charge is 2.38. The van der Waals surface area contributed by atoms with Crippen LogP contribution in [0.5, 0.6) is 5.75 Å². The molecule has 1 saturated heterocycles. The molecule has 1 aliphatic heterocycles. The van der Waals surface area contributed by atoms with Crippen molar-refractivity contribution in [2.75, 3.05) is 7.11 Å². The van der Waals surface area contributed by atoms with Crippen LogP contribution < -0.4 is 10.1 Å². The number of ether oxygens (including phenoxy) is 1. The van der Waals surface area contributed by atoms with Gasteiger partial charge in [0.1, 0.15) is 0 Å². The molecule has 0 bridgehead atoms. The molecule has 0 aliphatic carbocycles. The third kappa shape index (κ3) is 3.71. The lowest BCUT2D eigenvalue weighted by Gasteiger charge is -2.29. The number of hydrogen-bond donors (Lipinski definition) is 2. The summed E-state index contributed by atoms with van der Waals surface area (Å²) >= 11 is 0. The molecule has 1 amide bonds. The van der Waals surface area contributed by atoms with Crippen LogP contribution in [0.2, 0.25) is 0 Å². The molecule has 114 valence electrons. The van der Waals surface area contributed by atoms with E-state index in [-0.39, 0.29) is 18.1 Å². The molecule has 1 aromatic rings. The minimum atomic E-state index is -0.896. The second-order valence-corrected chi connectivity index (χ2v) is 5.37. The Bertz CT molecular complexity index is 561. The molecule has 21 heavy (non-hydrogen) atoms. The van der Waals surface area contributed by atoms with Gasteiger partial charge in [-0.15, -0.1) is 0 Å². The van der Waals surface area contributed by atoms with Crippen molar-refractivity contribution in [2.24, 2.45) is 0 Å². The molecule has 5 nitrogen and oxygen atoms in total. The van der Waals surface area contributed by atoms with E-state index in [2.05, 4.69) is 5.32 Å². The summed E-state index contributed by atoms with van der Waals surface area (Å²) in [6.45, 7) is 0. The summed E-state index contributed by atoms with van der Waals surface area (Å²) in [4.78, 5) is 22.3. The van der Waals surface area contributed by atoms with Crippen molar-refractivity contribution in [2.45, 2.75) is 37.6 Å². The van der Waals surface area contributed by atoms with Gasteiger partial charge in [0.25, 0.3) is 0 Å². The highest BCUT2D eigenvalue weighted by molar-refractivity contribution is 5.79. The summed E-state index contributed by atoms with van der Waals surface area (Å²) in [5, 5.41) is 11.7. The Labute approximate surface area is 122 Å². The molecular formula is C15H18FNO4. The van der Waals surface area contributed by atoms with Crippen LogP contribution in [0.1, 0.15) is 31.2 Å². The zero-order valence-electron chi connectivity index (χ0n) is 11.8. The number of carbonyl (C=O) groups excluding carboxylic acids is 1. The number of halogens is 1. The Balaban J connectivity index is 2.18. The van der Waals surface area contributed by atoms with Crippen LogP contribution in [-0.4, -0.2) is 29.6 Å². The lowest BCUT2D eigenvalue weighted by atomic mass is 9.85. The van der Waals surface area contributed by atoms with Crippen LogP contribution in [0.15, 0.2) is 18.2 Å². The normalized spacial score (nSPS) is 21.1. The lowest BCUT2D eigenvalue weighted by Crippen LogP contribution is -2.44.